The van der Waals surface area contributed by atoms with E-state index in [0.717, 1.165) is 29.8 Å². The number of aryl methyl sites for hydroxylation is 1. The molecule has 1 N–H and O–H groups in total. The highest BCUT2D eigenvalue weighted by atomic mass is 16.4. The predicted molar refractivity (Wildman–Crippen MR) is 188 cm³/mol. The van der Waals surface area contributed by atoms with Crippen molar-refractivity contribution in [1.29, 1.82) is 0 Å². The number of para-hydroxylation sites is 1. The van der Waals surface area contributed by atoms with Crippen LogP contribution in [0.5, 0.6) is 0 Å². The molecule has 0 aromatic heterocycles. The zero-order valence-corrected chi connectivity index (χ0v) is 26.6. The van der Waals surface area contributed by atoms with Gasteiger partial charge in [-0.1, -0.05) is 141 Å². The molecule has 0 saturated carbocycles. The second-order valence-electron chi connectivity index (χ2n) is 12.4. The molecule has 3 nitrogen and oxygen atoms in total. The minimum Gasteiger partial charge on any atom is -0.481 e. The van der Waals surface area contributed by atoms with E-state index >= 15 is 0 Å². The maximum Gasteiger partial charge on any atom is 0.305 e. The molecule has 1 heterocycles. The Morgan fingerprint density at radius 3 is 2.16 bits per heavy atom. The van der Waals surface area contributed by atoms with E-state index < -0.39 is 5.97 Å². The Kier molecular flexibility index (Phi) is 9.68. The Morgan fingerprint density at radius 2 is 1.47 bits per heavy atom. The summed E-state index contributed by atoms with van der Waals surface area (Å²) in [6.07, 6.45) is 12.2. The van der Waals surface area contributed by atoms with E-state index in [0.29, 0.717) is 6.54 Å². The van der Waals surface area contributed by atoms with Crippen LogP contribution in [0.15, 0.2) is 157 Å². The van der Waals surface area contributed by atoms with Gasteiger partial charge in [-0.3, -0.25) is 4.79 Å². The van der Waals surface area contributed by atoms with Crippen LogP contribution in [-0.4, -0.2) is 17.6 Å². The lowest BCUT2D eigenvalue weighted by molar-refractivity contribution is -0.136. The lowest BCUT2D eigenvalue weighted by Crippen LogP contribution is -2.31. The molecule has 0 bridgehead atoms. The van der Waals surface area contributed by atoms with Crippen molar-refractivity contribution in [2.75, 3.05) is 11.4 Å². The summed E-state index contributed by atoms with van der Waals surface area (Å²) in [4.78, 5) is 13.8. The number of hydrogen-bond acceptors (Lipinski definition) is 2. The van der Waals surface area contributed by atoms with Crippen LogP contribution in [0.4, 0.5) is 5.69 Å². The van der Waals surface area contributed by atoms with Gasteiger partial charge in [0.2, 0.25) is 0 Å². The zero-order valence-electron chi connectivity index (χ0n) is 26.6. The maximum atomic E-state index is 11.6. The van der Waals surface area contributed by atoms with Crippen LogP contribution in [0.2, 0.25) is 0 Å². The van der Waals surface area contributed by atoms with Crippen LogP contribution in [0.3, 0.4) is 0 Å². The Morgan fingerprint density at radius 1 is 0.844 bits per heavy atom. The SMILES string of the molecule is C=C(/C=C/C=C/C=C1/N(CCC(=O)O)c2ccccc2C1(C)Cc1ccccc1)C(C)(Cc1ccccc1)c1ccccc1C. The summed E-state index contributed by atoms with van der Waals surface area (Å²) in [7, 11) is 0. The normalized spacial score (nSPS) is 18.4. The monoisotopic (exact) mass is 593 g/mol. The summed E-state index contributed by atoms with van der Waals surface area (Å²) in [6, 6.07) is 38.1. The number of carboxylic acid groups (broad SMARTS) is 1. The van der Waals surface area contributed by atoms with E-state index in [1.54, 1.807) is 0 Å². The van der Waals surface area contributed by atoms with Crippen molar-refractivity contribution in [1.82, 2.24) is 0 Å². The summed E-state index contributed by atoms with van der Waals surface area (Å²) in [6.45, 7) is 11.7. The first kappa shape index (κ1) is 31.5. The van der Waals surface area contributed by atoms with Gasteiger partial charge in [0.1, 0.15) is 0 Å². The molecular formula is C42H43NO2. The number of carbonyl (C=O) groups is 1. The first-order chi connectivity index (χ1) is 21.7. The van der Waals surface area contributed by atoms with Gasteiger partial charge in [0.15, 0.2) is 0 Å². The number of anilines is 1. The highest BCUT2D eigenvalue weighted by Crippen LogP contribution is 2.49. The number of aliphatic carboxylic acids is 1. The lowest BCUT2D eigenvalue weighted by atomic mass is 9.70. The minimum atomic E-state index is -0.798. The Labute approximate surface area is 268 Å². The number of allylic oxidation sites excluding steroid dienone is 7. The molecule has 3 heteroatoms. The number of nitrogens with zero attached hydrogens (tertiary/aromatic N) is 1. The van der Waals surface area contributed by atoms with Gasteiger partial charge in [-0.05, 0) is 72.2 Å². The fourth-order valence-electron chi connectivity index (χ4n) is 6.80. The summed E-state index contributed by atoms with van der Waals surface area (Å²) in [5, 5.41) is 9.55. The fraction of sp³-hybridized carbons (Fsp3) is 0.214. The van der Waals surface area contributed by atoms with Gasteiger partial charge in [-0.25, -0.2) is 0 Å². The van der Waals surface area contributed by atoms with Gasteiger partial charge >= 0.3 is 5.97 Å². The van der Waals surface area contributed by atoms with E-state index in [2.05, 4.69) is 160 Å². The molecule has 1 aliphatic rings. The second-order valence-corrected chi connectivity index (χ2v) is 12.4. The smallest absolute Gasteiger partial charge is 0.305 e. The molecule has 1 aliphatic heterocycles. The van der Waals surface area contributed by atoms with E-state index in [1.807, 2.05) is 12.1 Å². The van der Waals surface area contributed by atoms with Gasteiger partial charge in [-0.2, -0.15) is 0 Å². The van der Waals surface area contributed by atoms with E-state index in [9.17, 15) is 9.90 Å². The average Bonchev–Trinajstić information content (AvgIpc) is 3.27. The lowest BCUT2D eigenvalue weighted by Gasteiger charge is -2.33. The molecule has 45 heavy (non-hydrogen) atoms. The quantitative estimate of drug-likeness (QED) is 0.166. The molecule has 2 atom stereocenters. The number of rotatable bonds is 12. The van der Waals surface area contributed by atoms with E-state index in [4.69, 9.17) is 0 Å². The average molecular weight is 594 g/mol. The first-order valence-electron chi connectivity index (χ1n) is 15.7. The van der Waals surface area contributed by atoms with Crippen molar-refractivity contribution in [3.05, 3.63) is 185 Å². The molecule has 0 spiro atoms. The number of hydrogen-bond donors (Lipinski definition) is 1. The molecule has 4 aromatic carbocycles. The largest absolute Gasteiger partial charge is 0.481 e. The Balaban J connectivity index is 1.46. The molecule has 0 saturated heterocycles. The highest BCUT2D eigenvalue weighted by molar-refractivity contribution is 5.74. The summed E-state index contributed by atoms with van der Waals surface area (Å²) < 4.78 is 0. The van der Waals surface area contributed by atoms with Gasteiger partial charge in [0.25, 0.3) is 0 Å². The van der Waals surface area contributed by atoms with Crippen LogP contribution in [0.25, 0.3) is 0 Å². The van der Waals surface area contributed by atoms with Gasteiger partial charge in [0, 0.05) is 28.8 Å². The van der Waals surface area contributed by atoms with Crippen molar-refractivity contribution in [3.63, 3.8) is 0 Å². The summed E-state index contributed by atoms with van der Waals surface area (Å²) in [5.74, 6) is -0.798. The van der Waals surface area contributed by atoms with Gasteiger partial charge in [0.05, 0.1) is 6.42 Å². The number of fused-ring (bicyclic) bond motifs is 1. The van der Waals surface area contributed by atoms with Crippen LogP contribution in [0, 0.1) is 6.92 Å². The molecular weight excluding hydrogens is 550 g/mol. The van der Waals surface area contributed by atoms with Gasteiger partial charge < -0.3 is 10.0 Å². The second kappa shape index (κ2) is 13.8. The fourth-order valence-corrected chi connectivity index (χ4v) is 6.80. The van der Waals surface area contributed by atoms with Crippen molar-refractivity contribution >= 4 is 11.7 Å². The third kappa shape index (κ3) is 6.94. The molecule has 0 amide bonds. The van der Waals surface area contributed by atoms with E-state index in [1.165, 1.54) is 27.8 Å². The van der Waals surface area contributed by atoms with Crippen molar-refractivity contribution in [2.45, 2.75) is 50.9 Å². The molecule has 0 fully saturated rings. The molecule has 5 rings (SSSR count). The third-order valence-corrected chi connectivity index (χ3v) is 9.22. The maximum absolute atomic E-state index is 11.6. The molecule has 2 unspecified atom stereocenters. The molecule has 228 valence electrons. The van der Waals surface area contributed by atoms with Crippen LogP contribution < -0.4 is 4.90 Å². The summed E-state index contributed by atoms with van der Waals surface area (Å²) >= 11 is 0. The Bertz CT molecular complexity index is 1730. The number of carboxylic acids is 1. The zero-order chi connectivity index (χ0) is 31.9. The molecule has 4 aromatic rings. The van der Waals surface area contributed by atoms with Gasteiger partial charge in [-0.15, -0.1) is 0 Å². The molecule has 0 radical (unpaired) electrons. The Hall–Kier alpha value is -4.89. The minimum absolute atomic E-state index is 0.0649. The topological polar surface area (TPSA) is 40.5 Å². The summed E-state index contributed by atoms with van der Waals surface area (Å²) in [5.41, 5.74) is 8.92. The van der Waals surface area contributed by atoms with Crippen LogP contribution >= 0.6 is 0 Å². The highest BCUT2D eigenvalue weighted by Gasteiger charge is 2.43. The van der Waals surface area contributed by atoms with E-state index in [-0.39, 0.29) is 17.3 Å². The van der Waals surface area contributed by atoms with Crippen molar-refractivity contribution < 1.29 is 9.90 Å². The third-order valence-electron chi connectivity index (χ3n) is 9.22. The number of benzene rings is 4. The predicted octanol–water partition coefficient (Wildman–Crippen LogP) is 9.54. The standard InChI is InChI=1S/C42H43NO2/c1-32-18-14-15-24-36(32)41(3,30-34-20-9-6-10-21-34)33(2)19-8-5-13-27-39-42(4,31-35-22-11-7-12-23-35)37-25-16-17-26-38(37)43(39)29-28-40(44)45/h5-27H,2,28-31H2,1,3-4H3,(H,44,45)/b13-5+,19-8+,39-27+. The molecule has 0 aliphatic carbocycles. The van der Waals surface area contributed by atoms with Crippen molar-refractivity contribution in [2.24, 2.45) is 0 Å². The van der Waals surface area contributed by atoms with Crippen LogP contribution in [0.1, 0.15) is 48.1 Å². The first-order valence-corrected chi connectivity index (χ1v) is 15.7. The van der Waals surface area contributed by atoms with Crippen molar-refractivity contribution in [3.8, 4) is 0 Å². The van der Waals surface area contributed by atoms with Crippen LogP contribution in [-0.2, 0) is 28.5 Å².